The molecule has 6 atom stereocenters. The minimum atomic E-state index is -1.60. The summed E-state index contributed by atoms with van der Waals surface area (Å²) in [6.07, 6.45) is 35.7. The van der Waals surface area contributed by atoms with E-state index in [-0.39, 0.29) is 32.0 Å². The van der Waals surface area contributed by atoms with E-state index in [4.69, 9.17) is 18.9 Å². The van der Waals surface area contributed by atoms with Crippen LogP contribution in [0.3, 0.4) is 0 Å². The Bertz CT molecular complexity index is 1030. The van der Waals surface area contributed by atoms with Gasteiger partial charge in [-0.15, -0.1) is 0 Å². The maximum absolute atomic E-state index is 12.8. The Morgan fingerprint density at radius 1 is 0.544 bits per heavy atom. The minimum Gasteiger partial charge on any atom is -0.462 e. The van der Waals surface area contributed by atoms with E-state index >= 15 is 0 Å². The molecule has 0 aromatic rings. The molecule has 1 fully saturated rings. The number of hydrogen-bond donors (Lipinski definition) is 4. The lowest BCUT2D eigenvalue weighted by molar-refractivity contribution is -0.305. The van der Waals surface area contributed by atoms with Crippen molar-refractivity contribution in [3.63, 3.8) is 0 Å². The normalized spacial score (nSPS) is 20.6. The molecule has 0 aromatic heterocycles. The van der Waals surface area contributed by atoms with Crippen molar-refractivity contribution in [2.24, 2.45) is 0 Å². The summed E-state index contributed by atoms with van der Waals surface area (Å²) < 4.78 is 22.2. The van der Waals surface area contributed by atoms with Gasteiger partial charge in [0.1, 0.15) is 31.0 Å². The predicted molar refractivity (Wildman–Crippen MR) is 229 cm³/mol. The van der Waals surface area contributed by atoms with E-state index in [0.717, 1.165) is 77.0 Å². The van der Waals surface area contributed by atoms with Crippen LogP contribution in [0.4, 0.5) is 0 Å². The van der Waals surface area contributed by atoms with Gasteiger partial charge >= 0.3 is 11.9 Å². The Hall–Kier alpha value is -2.08. The largest absolute Gasteiger partial charge is 0.462 e. The number of carbonyl (C=O) groups excluding carboxylic acids is 2. The minimum absolute atomic E-state index is 0.213. The zero-order valence-corrected chi connectivity index (χ0v) is 36.1. The summed E-state index contributed by atoms with van der Waals surface area (Å²) in [5.41, 5.74) is 0. The molecule has 4 N–H and O–H groups in total. The van der Waals surface area contributed by atoms with Crippen molar-refractivity contribution in [3.8, 4) is 0 Å². The highest BCUT2D eigenvalue weighted by Gasteiger charge is 2.44. The first-order valence-corrected chi connectivity index (χ1v) is 23.1. The van der Waals surface area contributed by atoms with E-state index in [1.54, 1.807) is 0 Å². The van der Waals surface area contributed by atoms with Gasteiger partial charge in [0.15, 0.2) is 12.4 Å². The highest BCUT2D eigenvalue weighted by Crippen LogP contribution is 2.22. The first-order valence-electron chi connectivity index (χ1n) is 23.1. The molecule has 0 bridgehead atoms. The van der Waals surface area contributed by atoms with Gasteiger partial charge in [0.2, 0.25) is 0 Å². The zero-order valence-electron chi connectivity index (χ0n) is 36.1. The number of carbonyl (C=O) groups is 2. The summed E-state index contributed by atoms with van der Waals surface area (Å²) in [5, 5.41) is 40.1. The van der Waals surface area contributed by atoms with E-state index in [9.17, 15) is 30.0 Å². The number of aliphatic hydroxyl groups is 4. The van der Waals surface area contributed by atoms with E-state index < -0.39 is 49.4 Å². The zero-order chi connectivity index (χ0) is 41.6. The molecule has 1 aliphatic heterocycles. The van der Waals surface area contributed by atoms with Gasteiger partial charge in [-0.25, -0.2) is 0 Å². The van der Waals surface area contributed by atoms with Crippen LogP contribution < -0.4 is 0 Å². The van der Waals surface area contributed by atoms with Crippen LogP contribution in [0.25, 0.3) is 0 Å². The first-order chi connectivity index (χ1) is 27.8. The van der Waals surface area contributed by atoms with Gasteiger partial charge in [-0.2, -0.15) is 0 Å². The average molecular weight is 809 g/mol. The molecule has 0 unspecified atom stereocenters. The second-order valence-electron chi connectivity index (χ2n) is 15.8. The lowest BCUT2D eigenvalue weighted by atomic mass is 9.99. The Morgan fingerprint density at radius 2 is 0.982 bits per heavy atom. The highest BCUT2D eigenvalue weighted by atomic mass is 16.7. The maximum atomic E-state index is 12.8. The van der Waals surface area contributed by atoms with Gasteiger partial charge in [-0.1, -0.05) is 147 Å². The van der Waals surface area contributed by atoms with E-state index in [1.807, 2.05) is 0 Å². The van der Waals surface area contributed by atoms with Crippen LogP contribution in [0.1, 0.15) is 194 Å². The molecule has 1 rings (SSSR count). The van der Waals surface area contributed by atoms with Gasteiger partial charge in [0.25, 0.3) is 0 Å². The SMILES string of the molecule is CCCCC/C=C\C/C=C\CCCCCCCC(=O)O[C@H](COC(=O)CCCCCCCCC/C=C/CCCCCCCC)CO[C@@H]1O[C@H](CO)[C@H](O)[C@H](O)[C@H]1O. The number of rotatable bonds is 38. The van der Waals surface area contributed by atoms with Crippen LogP contribution in [-0.2, 0) is 28.5 Å². The summed E-state index contributed by atoms with van der Waals surface area (Å²) in [7, 11) is 0. The standard InChI is InChI=1S/C47H84O10/c1-3-5-7-9-11-13-15-17-19-20-22-23-25-27-29-31-33-35-42(49)54-38-40(39-55-47-46(53)45(52)44(51)41(37-48)57-47)56-43(50)36-34-32-30-28-26-24-21-18-16-14-12-10-8-6-4-2/h12,14,17-19,21,40-41,44-48,51-53H,3-11,13,15-16,20,22-39H2,1-2H3/b14-12-,19-17+,21-18-/t40-,41-,44+,45+,46-,47-/m1/s1. The first kappa shape index (κ1) is 52.9. The van der Waals surface area contributed by atoms with Crippen molar-refractivity contribution in [2.75, 3.05) is 19.8 Å². The molecule has 0 aromatic carbocycles. The Balaban J connectivity index is 2.33. The molecule has 0 saturated carbocycles. The van der Waals surface area contributed by atoms with Crippen molar-refractivity contribution < 1.29 is 49.0 Å². The third-order valence-electron chi connectivity index (χ3n) is 10.5. The van der Waals surface area contributed by atoms with Gasteiger partial charge in [0, 0.05) is 12.8 Å². The molecule has 0 spiro atoms. The summed E-state index contributed by atoms with van der Waals surface area (Å²) in [6.45, 7) is 3.38. The number of hydrogen-bond acceptors (Lipinski definition) is 10. The second kappa shape index (κ2) is 38.1. The fourth-order valence-electron chi connectivity index (χ4n) is 6.80. The average Bonchev–Trinajstić information content (AvgIpc) is 3.21. The van der Waals surface area contributed by atoms with E-state index in [2.05, 4.69) is 50.3 Å². The lowest BCUT2D eigenvalue weighted by Gasteiger charge is -2.39. The molecule has 57 heavy (non-hydrogen) atoms. The maximum Gasteiger partial charge on any atom is 0.306 e. The molecule has 0 aliphatic carbocycles. The molecule has 1 saturated heterocycles. The topological polar surface area (TPSA) is 152 Å². The number of esters is 2. The monoisotopic (exact) mass is 809 g/mol. The fraction of sp³-hybridized carbons (Fsp3) is 0.830. The van der Waals surface area contributed by atoms with Crippen molar-refractivity contribution in [1.82, 2.24) is 0 Å². The third kappa shape index (κ3) is 29.7. The Kier molecular flexibility index (Phi) is 35.4. The molecule has 1 aliphatic rings. The molecule has 10 nitrogen and oxygen atoms in total. The number of unbranched alkanes of at least 4 members (excludes halogenated alkanes) is 21. The van der Waals surface area contributed by atoms with Gasteiger partial charge in [0.05, 0.1) is 13.2 Å². The Morgan fingerprint density at radius 3 is 1.51 bits per heavy atom. The summed E-state index contributed by atoms with van der Waals surface area (Å²) in [5.74, 6) is -0.825. The molecule has 10 heteroatoms. The van der Waals surface area contributed by atoms with Crippen molar-refractivity contribution in [2.45, 2.75) is 230 Å². The fourth-order valence-corrected chi connectivity index (χ4v) is 6.80. The number of allylic oxidation sites excluding steroid dienone is 6. The highest BCUT2D eigenvalue weighted by molar-refractivity contribution is 5.70. The smallest absolute Gasteiger partial charge is 0.306 e. The summed E-state index contributed by atoms with van der Waals surface area (Å²) >= 11 is 0. The van der Waals surface area contributed by atoms with Crippen LogP contribution >= 0.6 is 0 Å². The third-order valence-corrected chi connectivity index (χ3v) is 10.5. The second-order valence-corrected chi connectivity index (χ2v) is 15.8. The molecule has 0 radical (unpaired) electrons. The lowest BCUT2D eigenvalue weighted by Crippen LogP contribution is -2.59. The quantitative estimate of drug-likeness (QED) is 0.0270. The van der Waals surface area contributed by atoms with E-state index in [0.29, 0.717) is 6.42 Å². The van der Waals surface area contributed by atoms with Crippen LogP contribution in [0.15, 0.2) is 36.5 Å². The van der Waals surface area contributed by atoms with Crippen LogP contribution in [-0.4, -0.2) is 89.0 Å². The van der Waals surface area contributed by atoms with Crippen LogP contribution in [0.5, 0.6) is 0 Å². The van der Waals surface area contributed by atoms with Gasteiger partial charge in [-0.3, -0.25) is 9.59 Å². The summed E-state index contributed by atoms with van der Waals surface area (Å²) in [6, 6.07) is 0. The molecule has 332 valence electrons. The molecule has 0 amide bonds. The molecular formula is C47H84O10. The van der Waals surface area contributed by atoms with E-state index in [1.165, 1.54) is 83.5 Å². The summed E-state index contributed by atoms with van der Waals surface area (Å²) in [4.78, 5) is 25.3. The van der Waals surface area contributed by atoms with Gasteiger partial charge in [-0.05, 0) is 70.6 Å². The number of ether oxygens (including phenoxy) is 4. The number of aliphatic hydroxyl groups excluding tert-OH is 4. The van der Waals surface area contributed by atoms with Crippen molar-refractivity contribution in [3.05, 3.63) is 36.5 Å². The molecular weight excluding hydrogens is 725 g/mol. The van der Waals surface area contributed by atoms with Crippen molar-refractivity contribution >= 4 is 11.9 Å². The molecule has 1 heterocycles. The Labute approximate surface area is 346 Å². The van der Waals surface area contributed by atoms with Crippen molar-refractivity contribution in [1.29, 1.82) is 0 Å². The van der Waals surface area contributed by atoms with Crippen LogP contribution in [0, 0.1) is 0 Å². The van der Waals surface area contributed by atoms with Crippen LogP contribution in [0.2, 0.25) is 0 Å². The van der Waals surface area contributed by atoms with Gasteiger partial charge < -0.3 is 39.4 Å². The predicted octanol–water partition coefficient (Wildman–Crippen LogP) is 9.89.